The number of halogens is 1. The lowest BCUT2D eigenvalue weighted by atomic mass is 10.0. The van der Waals surface area contributed by atoms with Crippen LogP contribution in [0.1, 0.15) is 57.7 Å². The summed E-state index contributed by atoms with van der Waals surface area (Å²) in [5.41, 5.74) is 5.46. The van der Waals surface area contributed by atoms with Crippen molar-refractivity contribution in [1.82, 2.24) is 19.6 Å². The van der Waals surface area contributed by atoms with Gasteiger partial charge in [0.2, 0.25) is 17.1 Å². The molecule has 1 saturated heterocycles. The maximum atomic E-state index is 13.9. The molecule has 258 valence electrons. The molecule has 5 rings (SSSR count). The van der Waals surface area contributed by atoms with Crippen molar-refractivity contribution in [2.45, 2.75) is 63.3 Å². The number of β-lactam (4-membered cyclic amide) rings is 1. The van der Waals surface area contributed by atoms with E-state index in [1.165, 1.54) is 30.5 Å². The fraction of sp³-hybridized carbons (Fsp3) is 0.364. The first-order valence-corrected chi connectivity index (χ1v) is 18.5. The van der Waals surface area contributed by atoms with Crippen LogP contribution in [0.25, 0.3) is 0 Å². The number of amides is 2. The average molecular weight is 819 g/mol. The molecule has 3 aromatic rings. The van der Waals surface area contributed by atoms with Crippen LogP contribution in [0.15, 0.2) is 77.1 Å². The number of nitrogens with two attached hydrogens (primary N) is 1. The average Bonchev–Trinajstić information content (AvgIpc) is 3.50. The number of nitrogens with one attached hydrogen (secondary N) is 1. The van der Waals surface area contributed by atoms with E-state index in [1.807, 2.05) is 60.7 Å². The van der Waals surface area contributed by atoms with E-state index in [9.17, 15) is 19.2 Å². The van der Waals surface area contributed by atoms with Gasteiger partial charge < -0.3 is 25.4 Å². The number of anilines is 1. The molecular formula is C33H35IN6O7S2. The highest BCUT2D eigenvalue weighted by Crippen LogP contribution is 2.42. The summed E-state index contributed by atoms with van der Waals surface area (Å²) >= 11 is 4.40. The maximum Gasteiger partial charge on any atom is 0.356 e. The number of fused-ring (bicyclic) bond motifs is 1. The van der Waals surface area contributed by atoms with Crippen LogP contribution in [0.3, 0.4) is 0 Å². The number of hydrogen-bond acceptors (Lipinski definition) is 13. The van der Waals surface area contributed by atoms with Gasteiger partial charge >= 0.3 is 11.9 Å². The summed E-state index contributed by atoms with van der Waals surface area (Å²) in [5, 5.41) is 6.10. The van der Waals surface area contributed by atoms with Crippen LogP contribution in [-0.4, -0.2) is 76.5 Å². The predicted molar refractivity (Wildman–Crippen MR) is 194 cm³/mol. The summed E-state index contributed by atoms with van der Waals surface area (Å²) in [4.78, 5) is 65.0. The van der Waals surface area contributed by atoms with Crippen molar-refractivity contribution in [2.75, 3.05) is 15.9 Å². The van der Waals surface area contributed by atoms with Crippen molar-refractivity contribution in [3.8, 4) is 0 Å². The largest absolute Gasteiger partial charge is 0.457 e. The van der Waals surface area contributed by atoms with Crippen LogP contribution >= 0.6 is 45.9 Å². The quantitative estimate of drug-likeness (QED) is 0.0702. The second-order valence-corrected chi connectivity index (χ2v) is 15.2. The zero-order chi connectivity index (χ0) is 35.5. The van der Waals surface area contributed by atoms with Gasteiger partial charge in [-0.2, -0.15) is 9.36 Å². The fourth-order valence-electron chi connectivity index (χ4n) is 4.84. The van der Waals surface area contributed by atoms with E-state index < -0.39 is 58.2 Å². The van der Waals surface area contributed by atoms with E-state index in [2.05, 4.69) is 42.4 Å². The third-order valence-electron chi connectivity index (χ3n) is 7.24. The molecule has 2 aliphatic heterocycles. The van der Waals surface area contributed by atoms with E-state index in [4.69, 9.17) is 20.0 Å². The number of nitrogens with zero attached hydrogens (tertiary/aromatic N) is 4. The molecule has 0 unspecified atom stereocenters. The van der Waals surface area contributed by atoms with E-state index in [0.29, 0.717) is 10.2 Å². The van der Waals surface area contributed by atoms with Gasteiger partial charge in [0, 0.05) is 21.7 Å². The molecule has 0 bridgehead atoms. The molecule has 13 nitrogen and oxygen atoms in total. The molecule has 0 radical (unpaired) electrons. The number of rotatable bonds is 11. The summed E-state index contributed by atoms with van der Waals surface area (Å²) in [6.07, 6.45) is -0.709. The molecule has 2 amide bonds. The number of carbonyl (C=O) groups excluding carboxylic acids is 4. The highest BCUT2D eigenvalue weighted by atomic mass is 127. The normalized spacial score (nSPS) is 18.1. The van der Waals surface area contributed by atoms with E-state index >= 15 is 0 Å². The second-order valence-electron chi connectivity index (χ2n) is 12.6. The van der Waals surface area contributed by atoms with Gasteiger partial charge in [-0.05, 0) is 51.3 Å². The van der Waals surface area contributed by atoms with Gasteiger partial charge in [-0.15, -0.1) is 11.8 Å². The molecule has 49 heavy (non-hydrogen) atoms. The van der Waals surface area contributed by atoms with Crippen molar-refractivity contribution in [3.05, 3.63) is 88.9 Å². The SMILES string of the molecule is CC(C)(C)OC(=O)C(C)(C)O/N=C(/C(=O)N[C@@H]1C(=O)N2C(C(=O)OC(c3ccccc3)c3ccccc3)=C(CI)CS[C@H]12)c1nsc(N)n1. The van der Waals surface area contributed by atoms with Gasteiger partial charge in [-0.1, -0.05) is 88.4 Å². The van der Waals surface area contributed by atoms with E-state index in [1.54, 1.807) is 20.8 Å². The van der Waals surface area contributed by atoms with Crippen molar-refractivity contribution >= 4 is 80.5 Å². The van der Waals surface area contributed by atoms with Crippen LogP contribution in [0.5, 0.6) is 0 Å². The minimum Gasteiger partial charge on any atom is -0.457 e. The molecule has 16 heteroatoms. The Morgan fingerprint density at radius 2 is 1.67 bits per heavy atom. The van der Waals surface area contributed by atoms with Crippen LogP contribution in [0.2, 0.25) is 0 Å². The molecule has 2 aromatic carbocycles. The summed E-state index contributed by atoms with van der Waals surface area (Å²) in [6, 6.07) is 17.7. The predicted octanol–water partition coefficient (Wildman–Crippen LogP) is 4.38. The van der Waals surface area contributed by atoms with Crippen molar-refractivity contribution in [2.24, 2.45) is 5.16 Å². The van der Waals surface area contributed by atoms with E-state index in [-0.39, 0.29) is 16.7 Å². The van der Waals surface area contributed by atoms with Crippen LogP contribution in [0.4, 0.5) is 5.13 Å². The molecule has 1 aromatic heterocycles. The molecule has 0 spiro atoms. The molecular weight excluding hydrogens is 783 g/mol. The Kier molecular flexibility index (Phi) is 11.0. The standard InChI is InChI=1S/C33H35IN6O7S2/c1-32(2,3)46-30(44)33(4,5)47-38-21(25-37-31(35)49-39-25)26(41)36-22-27(42)40-23(20(16-34)17-48-28(22)40)29(43)45-24(18-12-8-6-9-13-18)19-14-10-7-11-15-19/h6-15,22,24,28H,16-17H2,1-5H3,(H,36,41)(H2,35,37,39)/b38-21+/t22-,28-/m1/s1. The third kappa shape index (κ3) is 8.24. The number of hydrogen-bond donors (Lipinski definition) is 2. The first kappa shape index (κ1) is 36.3. The van der Waals surface area contributed by atoms with Crippen LogP contribution in [-0.2, 0) is 33.5 Å². The lowest BCUT2D eigenvalue weighted by Crippen LogP contribution is -2.71. The Morgan fingerprint density at radius 1 is 1.06 bits per heavy atom. The lowest BCUT2D eigenvalue weighted by molar-refractivity contribution is -0.179. The number of nitrogen functional groups attached to an aromatic ring is 1. The number of benzene rings is 2. The number of aromatic nitrogens is 2. The van der Waals surface area contributed by atoms with E-state index in [0.717, 1.165) is 28.2 Å². The molecule has 3 N–H and O–H groups in total. The van der Waals surface area contributed by atoms with Gasteiger partial charge in [-0.3, -0.25) is 14.5 Å². The number of ether oxygens (including phenoxy) is 2. The minimum atomic E-state index is -1.59. The molecule has 0 aliphatic carbocycles. The second kappa shape index (κ2) is 14.8. The Balaban J connectivity index is 1.36. The Labute approximate surface area is 305 Å². The number of esters is 2. The molecule has 2 aliphatic rings. The van der Waals surface area contributed by atoms with Crippen molar-refractivity contribution < 1.29 is 33.5 Å². The summed E-state index contributed by atoms with van der Waals surface area (Å²) < 4.78 is 16.1. The van der Waals surface area contributed by atoms with Crippen molar-refractivity contribution in [1.29, 1.82) is 0 Å². The monoisotopic (exact) mass is 818 g/mol. The van der Waals surface area contributed by atoms with Gasteiger partial charge in [0.25, 0.3) is 11.8 Å². The van der Waals surface area contributed by atoms with Crippen LogP contribution in [0, 0.1) is 0 Å². The smallest absolute Gasteiger partial charge is 0.356 e. The zero-order valence-corrected chi connectivity index (χ0v) is 31.1. The first-order valence-electron chi connectivity index (χ1n) is 15.1. The minimum absolute atomic E-state index is 0.0690. The summed E-state index contributed by atoms with van der Waals surface area (Å²) in [6.45, 7) is 8.00. The number of alkyl halides is 1. The highest BCUT2D eigenvalue weighted by molar-refractivity contribution is 14.1. The Bertz CT molecular complexity index is 1750. The van der Waals surface area contributed by atoms with Crippen molar-refractivity contribution in [3.63, 3.8) is 0 Å². The number of carbonyl (C=O) groups is 4. The zero-order valence-electron chi connectivity index (χ0n) is 27.3. The fourth-order valence-corrected chi connectivity index (χ4v) is 7.62. The highest BCUT2D eigenvalue weighted by Gasteiger charge is 2.55. The van der Waals surface area contributed by atoms with Gasteiger partial charge in [-0.25, -0.2) is 9.59 Å². The maximum absolute atomic E-state index is 13.9. The molecule has 3 heterocycles. The molecule has 2 atom stereocenters. The Hall–Kier alpha value is -4.03. The molecule has 1 fully saturated rings. The van der Waals surface area contributed by atoms with Gasteiger partial charge in [0.1, 0.15) is 22.7 Å². The number of thioether (sulfide) groups is 1. The lowest BCUT2D eigenvalue weighted by Gasteiger charge is -2.49. The third-order valence-corrected chi connectivity index (χ3v) is 10.0. The van der Waals surface area contributed by atoms with Crippen LogP contribution < -0.4 is 11.1 Å². The summed E-state index contributed by atoms with van der Waals surface area (Å²) in [5.74, 6) is -2.41. The first-order chi connectivity index (χ1) is 23.2. The Morgan fingerprint density at radius 3 is 2.20 bits per heavy atom. The summed E-state index contributed by atoms with van der Waals surface area (Å²) in [7, 11) is 0. The van der Waals surface area contributed by atoms with Gasteiger partial charge in [0.15, 0.2) is 11.2 Å². The number of oxime groups is 1. The molecule has 0 saturated carbocycles. The topological polar surface area (TPSA) is 175 Å². The van der Waals surface area contributed by atoms with Gasteiger partial charge in [0.05, 0.1) is 0 Å².